The van der Waals surface area contributed by atoms with Crippen LogP contribution < -0.4 is 10.2 Å². The summed E-state index contributed by atoms with van der Waals surface area (Å²) in [4.78, 5) is 2.07. The van der Waals surface area contributed by atoms with Gasteiger partial charge in [-0.1, -0.05) is 22.9 Å². The van der Waals surface area contributed by atoms with E-state index in [1.165, 1.54) is 11.3 Å². The molecule has 0 aliphatic rings. The summed E-state index contributed by atoms with van der Waals surface area (Å²) in [7, 11) is 1.99. The van der Waals surface area contributed by atoms with Crippen LogP contribution in [0, 0.1) is 0 Å². The van der Waals surface area contributed by atoms with Crippen LogP contribution in [0.5, 0.6) is 0 Å². The van der Waals surface area contributed by atoms with Gasteiger partial charge in [0.2, 0.25) is 0 Å². The van der Waals surface area contributed by atoms with Crippen molar-refractivity contribution >= 4 is 21.6 Å². The summed E-state index contributed by atoms with van der Waals surface area (Å²) in [5, 5.41) is 12.3. The SMILES string of the molecule is CCNCc1cc(Br)ccc1N(C)CCO. The van der Waals surface area contributed by atoms with E-state index in [1.807, 2.05) is 13.1 Å². The highest BCUT2D eigenvalue weighted by atomic mass is 79.9. The number of nitrogens with zero attached hydrogens (tertiary/aromatic N) is 1. The molecule has 90 valence electrons. The Kier molecular flexibility index (Phi) is 5.80. The van der Waals surface area contributed by atoms with Gasteiger partial charge >= 0.3 is 0 Å². The summed E-state index contributed by atoms with van der Waals surface area (Å²) in [6, 6.07) is 6.22. The molecule has 4 heteroatoms. The first-order chi connectivity index (χ1) is 7.69. The topological polar surface area (TPSA) is 35.5 Å². The largest absolute Gasteiger partial charge is 0.395 e. The van der Waals surface area contributed by atoms with Crippen LogP contribution in [0.3, 0.4) is 0 Å². The van der Waals surface area contributed by atoms with Crippen molar-refractivity contribution in [1.29, 1.82) is 0 Å². The van der Waals surface area contributed by atoms with E-state index in [2.05, 4.69) is 45.2 Å². The molecule has 16 heavy (non-hydrogen) atoms. The molecule has 3 nitrogen and oxygen atoms in total. The van der Waals surface area contributed by atoms with Crippen molar-refractivity contribution < 1.29 is 5.11 Å². The molecule has 0 amide bonds. The number of benzene rings is 1. The molecule has 0 heterocycles. The Hall–Kier alpha value is -0.580. The summed E-state index contributed by atoms with van der Waals surface area (Å²) in [5.74, 6) is 0. The lowest BCUT2D eigenvalue weighted by Crippen LogP contribution is -2.24. The molecular formula is C12H19BrN2O. The molecule has 1 rings (SSSR count). The Morgan fingerprint density at radius 3 is 2.81 bits per heavy atom. The molecule has 0 spiro atoms. The molecule has 0 atom stereocenters. The van der Waals surface area contributed by atoms with Crippen molar-refractivity contribution in [3.63, 3.8) is 0 Å². The Morgan fingerprint density at radius 1 is 1.44 bits per heavy atom. The number of anilines is 1. The van der Waals surface area contributed by atoms with Gasteiger partial charge in [0.15, 0.2) is 0 Å². The summed E-state index contributed by atoms with van der Waals surface area (Å²) in [5.41, 5.74) is 2.41. The zero-order valence-electron chi connectivity index (χ0n) is 9.83. The first-order valence-electron chi connectivity index (χ1n) is 5.50. The number of hydrogen-bond donors (Lipinski definition) is 2. The lowest BCUT2D eigenvalue weighted by molar-refractivity contribution is 0.304. The van der Waals surface area contributed by atoms with E-state index in [4.69, 9.17) is 5.11 Å². The Balaban J connectivity index is 2.88. The Morgan fingerprint density at radius 2 is 2.19 bits per heavy atom. The van der Waals surface area contributed by atoms with Crippen molar-refractivity contribution in [1.82, 2.24) is 5.32 Å². The van der Waals surface area contributed by atoms with Crippen LogP contribution in [0.15, 0.2) is 22.7 Å². The molecule has 0 aliphatic carbocycles. The molecule has 0 saturated heterocycles. The van der Waals surface area contributed by atoms with Crippen molar-refractivity contribution in [2.75, 3.05) is 31.6 Å². The van der Waals surface area contributed by atoms with E-state index >= 15 is 0 Å². The number of aliphatic hydroxyl groups is 1. The monoisotopic (exact) mass is 286 g/mol. The molecule has 1 aromatic carbocycles. The molecule has 0 saturated carbocycles. The average molecular weight is 287 g/mol. The van der Waals surface area contributed by atoms with E-state index in [-0.39, 0.29) is 6.61 Å². The average Bonchev–Trinajstić information content (AvgIpc) is 2.26. The molecular weight excluding hydrogens is 268 g/mol. The van der Waals surface area contributed by atoms with Crippen molar-refractivity contribution in [3.8, 4) is 0 Å². The lowest BCUT2D eigenvalue weighted by atomic mass is 10.1. The summed E-state index contributed by atoms with van der Waals surface area (Å²) in [6.07, 6.45) is 0. The van der Waals surface area contributed by atoms with Crippen LogP contribution in [-0.2, 0) is 6.54 Å². The number of likely N-dealkylation sites (N-methyl/N-ethyl adjacent to an activating group) is 1. The first kappa shape index (κ1) is 13.5. The molecule has 0 aromatic heterocycles. The van der Waals surface area contributed by atoms with E-state index in [1.54, 1.807) is 0 Å². The molecule has 1 aromatic rings. The van der Waals surface area contributed by atoms with Gasteiger partial charge in [-0.25, -0.2) is 0 Å². The van der Waals surface area contributed by atoms with Gasteiger partial charge < -0.3 is 15.3 Å². The predicted octanol–water partition coefficient (Wildman–Crippen LogP) is 1.99. The minimum absolute atomic E-state index is 0.174. The molecule has 0 fully saturated rings. The molecule has 0 aliphatic heterocycles. The number of nitrogens with one attached hydrogen (secondary N) is 1. The van der Waals surface area contributed by atoms with Gasteiger partial charge in [0.1, 0.15) is 0 Å². The number of aliphatic hydroxyl groups excluding tert-OH is 1. The minimum Gasteiger partial charge on any atom is -0.395 e. The zero-order chi connectivity index (χ0) is 12.0. The Bertz CT molecular complexity index is 331. The van der Waals surface area contributed by atoms with Crippen molar-refractivity contribution in [2.45, 2.75) is 13.5 Å². The predicted molar refractivity (Wildman–Crippen MR) is 71.9 cm³/mol. The lowest BCUT2D eigenvalue weighted by Gasteiger charge is -2.22. The quantitative estimate of drug-likeness (QED) is 0.840. The van der Waals surface area contributed by atoms with Gasteiger partial charge in [0.25, 0.3) is 0 Å². The fourth-order valence-corrected chi connectivity index (χ4v) is 2.01. The molecule has 0 bridgehead atoms. The standard InChI is InChI=1S/C12H19BrN2O/c1-3-14-9-10-8-11(13)4-5-12(10)15(2)6-7-16/h4-5,8,14,16H,3,6-7,9H2,1-2H3. The van der Waals surface area contributed by atoms with Crippen LogP contribution in [-0.4, -0.2) is 31.9 Å². The second-order valence-corrected chi connectivity index (χ2v) is 4.61. The van der Waals surface area contributed by atoms with Gasteiger partial charge in [-0.2, -0.15) is 0 Å². The summed E-state index contributed by atoms with van der Waals surface area (Å²) in [6.45, 7) is 4.72. The van der Waals surface area contributed by atoms with Gasteiger partial charge in [0, 0.05) is 30.3 Å². The van der Waals surface area contributed by atoms with Crippen molar-refractivity contribution in [2.24, 2.45) is 0 Å². The highest BCUT2D eigenvalue weighted by molar-refractivity contribution is 9.10. The second-order valence-electron chi connectivity index (χ2n) is 3.70. The third kappa shape index (κ3) is 3.77. The number of hydrogen-bond acceptors (Lipinski definition) is 3. The maximum absolute atomic E-state index is 8.95. The van der Waals surface area contributed by atoms with E-state index in [9.17, 15) is 0 Å². The van der Waals surface area contributed by atoms with Crippen LogP contribution >= 0.6 is 15.9 Å². The van der Waals surface area contributed by atoms with E-state index in [0.717, 1.165) is 17.6 Å². The fourth-order valence-electron chi connectivity index (χ4n) is 1.60. The maximum Gasteiger partial charge on any atom is 0.0606 e. The highest BCUT2D eigenvalue weighted by Gasteiger charge is 2.07. The van der Waals surface area contributed by atoms with Crippen LogP contribution in [0.1, 0.15) is 12.5 Å². The van der Waals surface area contributed by atoms with E-state index < -0.39 is 0 Å². The summed E-state index contributed by atoms with van der Waals surface area (Å²) >= 11 is 3.48. The maximum atomic E-state index is 8.95. The minimum atomic E-state index is 0.174. The third-order valence-corrected chi connectivity index (χ3v) is 2.95. The Labute approximate surface area is 106 Å². The van der Waals surface area contributed by atoms with Crippen molar-refractivity contribution in [3.05, 3.63) is 28.2 Å². The van der Waals surface area contributed by atoms with Crippen LogP contribution in [0.4, 0.5) is 5.69 Å². The van der Waals surface area contributed by atoms with E-state index in [0.29, 0.717) is 6.54 Å². The highest BCUT2D eigenvalue weighted by Crippen LogP contribution is 2.23. The summed E-state index contributed by atoms with van der Waals surface area (Å²) < 4.78 is 1.08. The number of halogens is 1. The van der Waals surface area contributed by atoms with Gasteiger partial charge in [-0.05, 0) is 30.3 Å². The van der Waals surface area contributed by atoms with Gasteiger partial charge in [-0.3, -0.25) is 0 Å². The van der Waals surface area contributed by atoms with Crippen LogP contribution in [0.2, 0.25) is 0 Å². The van der Waals surface area contributed by atoms with Gasteiger partial charge in [0.05, 0.1) is 6.61 Å². The molecule has 2 N–H and O–H groups in total. The smallest absolute Gasteiger partial charge is 0.0606 e. The fraction of sp³-hybridized carbons (Fsp3) is 0.500. The zero-order valence-corrected chi connectivity index (χ0v) is 11.4. The normalized spacial score (nSPS) is 10.5. The first-order valence-corrected chi connectivity index (χ1v) is 6.29. The van der Waals surface area contributed by atoms with Gasteiger partial charge in [-0.15, -0.1) is 0 Å². The molecule has 0 radical (unpaired) electrons. The number of rotatable bonds is 6. The third-order valence-electron chi connectivity index (χ3n) is 2.45. The molecule has 0 unspecified atom stereocenters. The second kappa shape index (κ2) is 6.89. The van der Waals surface area contributed by atoms with Crippen LogP contribution in [0.25, 0.3) is 0 Å².